The van der Waals surface area contributed by atoms with Crippen molar-refractivity contribution in [3.05, 3.63) is 34.5 Å². The Bertz CT molecular complexity index is 600. The average molecular weight is 323 g/mol. The summed E-state index contributed by atoms with van der Waals surface area (Å²) in [6, 6.07) is 3.36. The Morgan fingerprint density at radius 2 is 1.82 bits per heavy atom. The first-order valence-corrected chi connectivity index (χ1v) is 7.94. The molecule has 22 heavy (non-hydrogen) atoms. The van der Waals surface area contributed by atoms with Gasteiger partial charge in [0, 0.05) is 22.6 Å². The van der Waals surface area contributed by atoms with Crippen molar-refractivity contribution in [2.75, 3.05) is 11.5 Å². The smallest absolute Gasteiger partial charge is 0.400 e. The minimum Gasteiger partial charge on any atom is -0.400 e. The van der Waals surface area contributed by atoms with E-state index in [4.69, 9.17) is 15.0 Å². The van der Waals surface area contributed by atoms with Crippen LogP contribution >= 0.6 is 12.6 Å². The number of anilines is 1. The van der Waals surface area contributed by atoms with Gasteiger partial charge in [0.25, 0.3) is 0 Å². The van der Waals surface area contributed by atoms with Crippen LogP contribution in [0.4, 0.5) is 10.1 Å². The van der Waals surface area contributed by atoms with Crippen LogP contribution in [0.2, 0.25) is 0 Å². The van der Waals surface area contributed by atoms with Crippen molar-refractivity contribution in [1.82, 2.24) is 0 Å². The van der Waals surface area contributed by atoms with Crippen molar-refractivity contribution in [3.63, 3.8) is 0 Å². The van der Waals surface area contributed by atoms with Crippen molar-refractivity contribution >= 4 is 31.5 Å². The van der Waals surface area contributed by atoms with Gasteiger partial charge in [-0.3, -0.25) is 0 Å². The van der Waals surface area contributed by atoms with Crippen LogP contribution < -0.4 is 5.73 Å². The van der Waals surface area contributed by atoms with Crippen LogP contribution in [0.1, 0.15) is 38.8 Å². The van der Waals surface area contributed by atoms with E-state index >= 15 is 0 Å². The molecule has 1 aliphatic rings. The molecule has 0 amide bonds. The lowest BCUT2D eigenvalue weighted by molar-refractivity contribution is 0.00578. The van der Waals surface area contributed by atoms with E-state index in [9.17, 15) is 4.39 Å². The van der Waals surface area contributed by atoms with Crippen LogP contribution in [0.15, 0.2) is 17.6 Å². The van der Waals surface area contributed by atoms with Crippen LogP contribution in [-0.2, 0) is 9.31 Å². The number of hydrogen-bond acceptors (Lipinski definition) is 4. The van der Waals surface area contributed by atoms with Gasteiger partial charge in [-0.1, -0.05) is 12.1 Å². The minimum absolute atomic E-state index is 0.323. The molecule has 120 valence electrons. The average Bonchev–Trinajstić information content (AvgIpc) is 2.64. The predicted octanol–water partition coefficient (Wildman–Crippen LogP) is 3.66. The van der Waals surface area contributed by atoms with Gasteiger partial charge < -0.3 is 15.0 Å². The maximum absolute atomic E-state index is 14.3. The maximum Gasteiger partial charge on any atom is 0.491 e. The lowest BCUT2D eigenvalue weighted by Gasteiger charge is -2.32. The molecule has 1 heterocycles. The molecule has 0 spiro atoms. The highest BCUT2D eigenvalue weighted by atomic mass is 32.1. The predicted molar refractivity (Wildman–Crippen MR) is 93.5 cm³/mol. The molecule has 1 aromatic rings. The van der Waals surface area contributed by atoms with Crippen molar-refractivity contribution in [2.24, 2.45) is 0 Å². The topological polar surface area (TPSA) is 44.5 Å². The Morgan fingerprint density at radius 1 is 1.27 bits per heavy atom. The molecule has 1 fully saturated rings. The molecular formula is C16H23BFNO2S. The second kappa shape index (κ2) is 5.91. The van der Waals surface area contributed by atoms with Crippen LogP contribution in [0.25, 0.3) is 6.08 Å². The van der Waals surface area contributed by atoms with Gasteiger partial charge in [-0.15, -0.1) is 0 Å². The van der Waals surface area contributed by atoms with Gasteiger partial charge in [0.05, 0.1) is 11.2 Å². The Labute approximate surface area is 137 Å². The van der Waals surface area contributed by atoms with Crippen molar-refractivity contribution in [1.29, 1.82) is 0 Å². The molecule has 1 saturated heterocycles. The first-order chi connectivity index (χ1) is 10.1. The number of hydrogen-bond donors (Lipinski definition) is 2. The number of nitrogens with two attached hydrogens (primary N) is 1. The first-order valence-electron chi connectivity index (χ1n) is 7.30. The molecule has 0 aromatic heterocycles. The summed E-state index contributed by atoms with van der Waals surface area (Å²) in [7, 11) is -0.528. The quantitative estimate of drug-likeness (QED) is 0.507. The monoisotopic (exact) mass is 323 g/mol. The number of nitrogen functional groups attached to an aromatic ring is 1. The van der Waals surface area contributed by atoms with E-state index in [1.807, 2.05) is 27.7 Å². The van der Waals surface area contributed by atoms with Crippen LogP contribution in [0, 0.1) is 12.7 Å². The highest BCUT2D eigenvalue weighted by molar-refractivity contribution is 7.80. The second-order valence-electron chi connectivity index (χ2n) is 6.65. The number of benzene rings is 1. The molecule has 1 aromatic carbocycles. The zero-order valence-electron chi connectivity index (χ0n) is 13.7. The van der Waals surface area contributed by atoms with Crippen LogP contribution in [0.3, 0.4) is 0 Å². The summed E-state index contributed by atoms with van der Waals surface area (Å²) >= 11 is 4.34. The Morgan fingerprint density at radius 3 is 2.32 bits per heavy atom. The SMILES string of the molecule is Cc1c(N)ccc(C=C(CS)B2OC(C)(C)C(C)(C)O2)c1F. The number of rotatable bonds is 3. The second-order valence-corrected chi connectivity index (χ2v) is 6.96. The van der Waals surface area contributed by atoms with E-state index in [0.29, 0.717) is 22.6 Å². The standard InChI is InChI=1S/C16H23BFNO2S/c1-10-13(19)7-6-11(14(10)18)8-12(9-22)17-20-15(2,3)16(4,5)21-17/h6-8,22H,9,19H2,1-5H3. The molecule has 2 rings (SSSR count). The van der Waals surface area contributed by atoms with E-state index in [2.05, 4.69) is 12.6 Å². The molecule has 6 heteroatoms. The van der Waals surface area contributed by atoms with E-state index in [1.165, 1.54) is 0 Å². The lowest BCUT2D eigenvalue weighted by atomic mass is 9.78. The van der Waals surface area contributed by atoms with E-state index in [1.54, 1.807) is 25.1 Å². The molecule has 1 aliphatic heterocycles. The summed E-state index contributed by atoms with van der Waals surface area (Å²) in [6.45, 7) is 9.60. The molecule has 3 nitrogen and oxygen atoms in total. The Hall–Kier alpha value is -0.975. The minimum atomic E-state index is -0.528. The van der Waals surface area contributed by atoms with Crippen LogP contribution in [0.5, 0.6) is 0 Å². The zero-order chi connectivity index (χ0) is 16.7. The van der Waals surface area contributed by atoms with E-state index in [-0.39, 0.29) is 5.82 Å². The molecule has 2 N–H and O–H groups in total. The van der Waals surface area contributed by atoms with Gasteiger partial charge in [0.15, 0.2) is 0 Å². The summed E-state index contributed by atoms with van der Waals surface area (Å²) in [5.41, 5.74) is 6.98. The number of halogens is 1. The van der Waals surface area contributed by atoms with Crippen molar-refractivity contribution in [3.8, 4) is 0 Å². The summed E-state index contributed by atoms with van der Waals surface area (Å²) in [6.07, 6.45) is 1.73. The van der Waals surface area contributed by atoms with E-state index < -0.39 is 18.3 Å². The van der Waals surface area contributed by atoms with Crippen molar-refractivity contribution in [2.45, 2.75) is 45.8 Å². The van der Waals surface area contributed by atoms with Gasteiger partial charge in [-0.2, -0.15) is 12.6 Å². The lowest BCUT2D eigenvalue weighted by Crippen LogP contribution is -2.41. The highest BCUT2D eigenvalue weighted by Crippen LogP contribution is 2.39. The third-order valence-electron chi connectivity index (χ3n) is 4.54. The van der Waals surface area contributed by atoms with Gasteiger partial charge in [-0.25, -0.2) is 4.39 Å². The third kappa shape index (κ3) is 3.05. The molecule has 0 bridgehead atoms. The first kappa shape index (κ1) is 17.4. The largest absolute Gasteiger partial charge is 0.491 e. The van der Waals surface area contributed by atoms with Gasteiger partial charge in [0.2, 0.25) is 0 Å². The summed E-state index contributed by atoms with van der Waals surface area (Å²) in [4.78, 5) is 0. The van der Waals surface area contributed by atoms with Crippen molar-refractivity contribution < 1.29 is 13.7 Å². The molecule has 0 radical (unpaired) electrons. The fourth-order valence-corrected chi connectivity index (χ4v) is 2.46. The summed E-state index contributed by atoms with van der Waals surface area (Å²) < 4.78 is 26.3. The fourth-order valence-electron chi connectivity index (χ4n) is 2.21. The zero-order valence-corrected chi connectivity index (χ0v) is 14.6. The summed E-state index contributed by atoms with van der Waals surface area (Å²) in [5.74, 6) is 0.0930. The Balaban J connectivity index is 2.36. The highest BCUT2D eigenvalue weighted by Gasteiger charge is 2.52. The normalized spacial score (nSPS) is 20.5. The molecule has 0 atom stereocenters. The van der Waals surface area contributed by atoms with Gasteiger partial charge in [-0.05, 0) is 46.2 Å². The van der Waals surface area contributed by atoms with Gasteiger partial charge >= 0.3 is 7.12 Å². The van der Waals surface area contributed by atoms with Gasteiger partial charge in [0.1, 0.15) is 5.82 Å². The summed E-state index contributed by atoms with van der Waals surface area (Å²) in [5, 5.41) is 0. The Kier molecular flexibility index (Phi) is 4.67. The van der Waals surface area contributed by atoms with Crippen LogP contribution in [-0.4, -0.2) is 24.1 Å². The molecule has 0 aliphatic carbocycles. The third-order valence-corrected chi connectivity index (χ3v) is 4.90. The number of thiol groups is 1. The molecular weight excluding hydrogens is 300 g/mol. The molecule has 0 unspecified atom stereocenters. The van der Waals surface area contributed by atoms with E-state index in [0.717, 1.165) is 5.47 Å². The maximum atomic E-state index is 14.3. The molecule has 0 saturated carbocycles. The fraction of sp³-hybridized carbons (Fsp3) is 0.500.